The summed E-state index contributed by atoms with van der Waals surface area (Å²) in [6.45, 7) is 1.37. The zero-order valence-electron chi connectivity index (χ0n) is 10.9. The topological polar surface area (TPSA) is 67.6 Å². The lowest BCUT2D eigenvalue weighted by Crippen LogP contribution is -2.44. The van der Waals surface area contributed by atoms with Crippen molar-refractivity contribution in [3.8, 4) is 5.75 Å². The van der Waals surface area contributed by atoms with Crippen LogP contribution >= 0.6 is 12.4 Å². The van der Waals surface area contributed by atoms with Crippen LogP contribution in [-0.2, 0) is 0 Å². The molecule has 0 bridgehead atoms. The lowest BCUT2D eigenvalue weighted by atomic mass is 10.2. The number of urea groups is 1. The summed E-state index contributed by atoms with van der Waals surface area (Å²) < 4.78 is 40.0. The lowest BCUT2D eigenvalue weighted by Gasteiger charge is -2.26. The number of ether oxygens (including phenoxy) is 1. The number of nitrogens with two attached hydrogens (primary N) is 1. The maximum atomic E-state index is 12.1. The zero-order valence-corrected chi connectivity index (χ0v) is 11.7. The number of anilines is 1. The van der Waals surface area contributed by atoms with Crippen molar-refractivity contribution in [3.63, 3.8) is 0 Å². The van der Waals surface area contributed by atoms with Gasteiger partial charge in [0.2, 0.25) is 0 Å². The minimum Gasteiger partial charge on any atom is -0.406 e. The molecule has 0 radical (unpaired) electrons. The van der Waals surface area contributed by atoms with Crippen LogP contribution in [0.15, 0.2) is 24.3 Å². The Balaban J connectivity index is 0.00000220. The fourth-order valence-electron chi connectivity index (χ4n) is 2.19. The first kappa shape index (κ1) is 17.4. The van der Waals surface area contributed by atoms with Crippen LogP contribution in [0.4, 0.5) is 23.7 Å². The van der Waals surface area contributed by atoms with Crippen molar-refractivity contribution in [1.82, 2.24) is 5.32 Å². The smallest absolute Gasteiger partial charge is 0.406 e. The second-order valence-electron chi connectivity index (χ2n) is 4.40. The Labute approximate surface area is 125 Å². The van der Waals surface area contributed by atoms with Gasteiger partial charge in [-0.3, -0.25) is 4.90 Å². The molecular formula is C12H15ClF3N3O2. The first-order chi connectivity index (χ1) is 9.37. The molecule has 0 saturated carbocycles. The van der Waals surface area contributed by atoms with Gasteiger partial charge < -0.3 is 15.8 Å². The van der Waals surface area contributed by atoms with E-state index in [0.717, 1.165) is 25.1 Å². The predicted octanol–water partition coefficient (Wildman–Crippen LogP) is 2.25. The fraction of sp³-hybridized carbons (Fsp3) is 0.417. The fourth-order valence-corrected chi connectivity index (χ4v) is 2.19. The molecule has 0 spiro atoms. The number of hydrogen-bond donors (Lipinski definition) is 2. The average Bonchev–Trinajstić information content (AvgIpc) is 2.83. The van der Waals surface area contributed by atoms with Crippen LogP contribution in [0, 0.1) is 0 Å². The predicted molar refractivity (Wildman–Crippen MR) is 73.7 cm³/mol. The minimum absolute atomic E-state index is 0. The number of carbonyl (C=O) groups is 1. The summed E-state index contributed by atoms with van der Waals surface area (Å²) in [6, 6.07) is 4.33. The summed E-state index contributed by atoms with van der Waals surface area (Å²) >= 11 is 0. The first-order valence-electron chi connectivity index (χ1n) is 6.02. The highest BCUT2D eigenvalue weighted by Gasteiger charge is 2.31. The van der Waals surface area contributed by atoms with Gasteiger partial charge in [0.1, 0.15) is 5.75 Å². The van der Waals surface area contributed by atoms with E-state index in [-0.39, 0.29) is 24.2 Å². The van der Waals surface area contributed by atoms with Gasteiger partial charge in [0, 0.05) is 12.2 Å². The number of nitrogens with zero attached hydrogens (tertiary/aromatic N) is 1. The highest BCUT2D eigenvalue weighted by molar-refractivity contribution is 5.91. The van der Waals surface area contributed by atoms with Crippen molar-refractivity contribution < 1.29 is 22.7 Å². The van der Waals surface area contributed by atoms with Gasteiger partial charge in [0.05, 0.1) is 6.04 Å². The SMILES string of the molecule is Cl.NC(=O)N(c1ccc(OC(F)(F)F)cc1)C1CCNC1. The molecule has 9 heteroatoms. The second kappa shape index (κ2) is 6.86. The Morgan fingerprint density at radius 3 is 2.38 bits per heavy atom. The largest absolute Gasteiger partial charge is 0.573 e. The lowest BCUT2D eigenvalue weighted by molar-refractivity contribution is -0.274. The molecule has 2 amide bonds. The molecule has 21 heavy (non-hydrogen) atoms. The number of primary amides is 1. The van der Waals surface area contributed by atoms with Gasteiger partial charge in [-0.05, 0) is 37.2 Å². The summed E-state index contributed by atoms with van der Waals surface area (Å²) in [5, 5.41) is 3.10. The Kier molecular flexibility index (Phi) is 5.68. The normalized spacial score (nSPS) is 18.0. The quantitative estimate of drug-likeness (QED) is 0.895. The standard InChI is InChI=1S/C12H14F3N3O2.ClH/c13-12(14,15)20-10-3-1-8(2-4-10)18(11(16)19)9-5-6-17-7-9;/h1-4,9,17H,5-7H2,(H2,16,19);1H. The van der Waals surface area contributed by atoms with E-state index in [9.17, 15) is 18.0 Å². The molecule has 0 aromatic heterocycles. The molecule has 1 fully saturated rings. The number of rotatable bonds is 3. The van der Waals surface area contributed by atoms with Crippen molar-refractivity contribution in [3.05, 3.63) is 24.3 Å². The van der Waals surface area contributed by atoms with Crippen LogP contribution in [0.2, 0.25) is 0 Å². The van der Waals surface area contributed by atoms with E-state index in [2.05, 4.69) is 10.1 Å². The molecule has 2 rings (SSSR count). The third kappa shape index (κ3) is 4.68. The summed E-state index contributed by atoms with van der Waals surface area (Å²) in [7, 11) is 0. The van der Waals surface area contributed by atoms with Crippen molar-refractivity contribution >= 4 is 24.1 Å². The number of hydrogen-bond acceptors (Lipinski definition) is 3. The first-order valence-corrected chi connectivity index (χ1v) is 6.02. The Bertz CT molecular complexity index is 476. The third-order valence-electron chi connectivity index (χ3n) is 2.99. The van der Waals surface area contributed by atoms with E-state index in [4.69, 9.17) is 5.73 Å². The highest BCUT2D eigenvalue weighted by Crippen LogP contribution is 2.27. The molecule has 1 saturated heterocycles. The number of carbonyl (C=O) groups excluding carboxylic acids is 1. The molecule has 1 aliphatic heterocycles. The van der Waals surface area contributed by atoms with E-state index in [1.165, 1.54) is 17.0 Å². The van der Waals surface area contributed by atoms with Gasteiger partial charge in [-0.15, -0.1) is 25.6 Å². The molecule has 1 heterocycles. The van der Waals surface area contributed by atoms with Gasteiger partial charge in [0.25, 0.3) is 0 Å². The number of benzene rings is 1. The maximum Gasteiger partial charge on any atom is 0.573 e. The van der Waals surface area contributed by atoms with Crippen LogP contribution in [0.1, 0.15) is 6.42 Å². The van der Waals surface area contributed by atoms with Gasteiger partial charge in [-0.25, -0.2) is 4.79 Å². The Morgan fingerprint density at radius 2 is 1.95 bits per heavy atom. The maximum absolute atomic E-state index is 12.1. The summed E-state index contributed by atoms with van der Waals surface area (Å²) in [6.07, 6.45) is -4.00. The van der Waals surface area contributed by atoms with Crippen LogP contribution in [0.5, 0.6) is 5.75 Å². The Hall–Kier alpha value is -1.67. The molecule has 1 atom stereocenters. The van der Waals surface area contributed by atoms with Crippen LogP contribution < -0.4 is 20.7 Å². The van der Waals surface area contributed by atoms with Gasteiger partial charge >= 0.3 is 12.4 Å². The van der Waals surface area contributed by atoms with E-state index < -0.39 is 12.4 Å². The van der Waals surface area contributed by atoms with Crippen molar-refractivity contribution in [2.75, 3.05) is 18.0 Å². The molecule has 1 aromatic rings. The molecule has 1 unspecified atom stereocenters. The minimum atomic E-state index is -4.74. The molecule has 3 N–H and O–H groups in total. The summed E-state index contributed by atoms with van der Waals surface area (Å²) in [4.78, 5) is 12.9. The monoisotopic (exact) mass is 325 g/mol. The molecule has 1 aliphatic rings. The molecule has 1 aromatic carbocycles. The molecular weight excluding hydrogens is 311 g/mol. The van der Waals surface area contributed by atoms with E-state index in [1.54, 1.807) is 0 Å². The van der Waals surface area contributed by atoms with E-state index in [0.29, 0.717) is 12.2 Å². The van der Waals surface area contributed by atoms with E-state index in [1.807, 2.05) is 0 Å². The molecule has 118 valence electrons. The van der Waals surface area contributed by atoms with Gasteiger partial charge in [-0.2, -0.15) is 0 Å². The Morgan fingerprint density at radius 1 is 1.33 bits per heavy atom. The van der Waals surface area contributed by atoms with Crippen molar-refractivity contribution in [2.24, 2.45) is 5.73 Å². The highest BCUT2D eigenvalue weighted by atomic mass is 35.5. The van der Waals surface area contributed by atoms with Crippen LogP contribution in [-0.4, -0.2) is 31.5 Å². The van der Waals surface area contributed by atoms with Crippen LogP contribution in [0.3, 0.4) is 0 Å². The van der Waals surface area contributed by atoms with Gasteiger partial charge in [-0.1, -0.05) is 0 Å². The zero-order chi connectivity index (χ0) is 14.8. The summed E-state index contributed by atoms with van der Waals surface area (Å²) in [5.41, 5.74) is 5.78. The number of alkyl halides is 3. The van der Waals surface area contributed by atoms with Gasteiger partial charge in [0.15, 0.2) is 0 Å². The third-order valence-corrected chi connectivity index (χ3v) is 2.99. The number of amides is 2. The second-order valence-corrected chi connectivity index (χ2v) is 4.40. The van der Waals surface area contributed by atoms with Crippen molar-refractivity contribution in [1.29, 1.82) is 0 Å². The summed E-state index contributed by atoms with van der Waals surface area (Å²) in [5.74, 6) is -0.338. The van der Waals surface area contributed by atoms with E-state index >= 15 is 0 Å². The number of halogens is 4. The molecule has 0 aliphatic carbocycles. The average molecular weight is 326 g/mol. The number of nitrogens with one attached hydrogen (secondary N) is 1. The molecule has 5 nitrogen and oxygen atoms in total. The van der Waals surface area contributed by atoms with Crippen LogP contribution in [0.25, 0.3) is 0 Å². The van der Waals surface area contributed by atoms with Crippen molar-refractivity contribution in [2.45, 2.75) is 18.8 Å².